The van der Waals surface area contributed by atoms with Crippen molar-refractivity contribution in [2.45, 2.75) is 24.2 Å². The zero-order chi connectivity index (χ0) is 12.5. The number of nitrogens with zero attached hydrogens (tertiary/aromatic N) is 1. The standard InChI is InChI=1S/C10H14ClN3O2S/c11-8-4-9(10(12)13-6-8)17(15,16)14-5-7-2-1-3-7/h4,6-7,14H,1-3,5H2,(H2,12,13). The summed E-state index contributed by atoms with van der Waals surface area (Å²) in [7, 11) is -3.61. The zero-order valence-electron chi connectivity index (χ0n) is 9.19. The number of nitrogens with two attached hydrogens (primary N) is 1. The van der Waals surface area contributed by atoms with Crippen LogP contribution in [-0.2, 0) is 10.0 Å². The molecule has 1 aromatic heterocycles. The van der Waals surface area contributed by atoms with Crippen LogP contribution in [0.25, 0.3) is 0 Å². The number of anilines is 1. The molecular formula is C10H14ClN3O2S. The first-order chi connectivity index (χ1) is 7.99. The Kier molecular flexibility index (Phi) is 3.56. The largest absolute Gasteiger partial charge is 0.383 e. The molecule has 0 unspecified atom stereocenters. The third kappa shape index (κ3) is 2.88. The molecule has 0 aliphatic heterocycles. The fourth-order valence-corrected chi connectivity index (χ4v) is 3.09. The maximum absolute atomic E-state index is 12.0. The Bertz CT molecular complexity index is 514. The van der Waals surface area contributed by atoms with Crippen LogP contribution in [0, 0.1) is 5.92 Å². The van der Waals surface area contributed by atoms with E-state index >= 15 is 0 Å². The molecule has 0 saturated heterocycles. The molecule has 5 nitrogen and oxygen atoms in total. The molecule has 0 spiro atoms. The minimum Gasteiger partial charge on any atom is -0.383 e. The fourth-order valence-electron chi connectivity index (χ4n) is 1.65. The molecule has 1 heterocycles. The zero-order valence-corrected chi connectivity index (χ0v) is 10.8. The van der Waals surface area contributed by atoms with Crippen LogP contribution < -0.4 is 10.5 Å². The molecule has 1 aliphatic rings. The van der Waals surface area contributed by atoms with Crippen molar-refractivity contribution in [3.8, 4) is 0 Å². The number of sulfonamides is 1. The Hall–Kier alpha value is -0.850. The van der Waals surface area contributed by atoms with Gasteiger partial charge in [-0.2, -0.15) is 0 Å². The summed E-state index contributed by atoms with van der Waals surface area (Å²) in [6.07, 6.45) is 4.65. The Balaban J connectivity index is 2.15. The SMILES string of the molecule is Nc1ncc(Cl)cc1S(=O)(=O)NCC1CCC1. The van der Waals surface area contributed by atoms with Gasteiger partial charge in [0.15, 0.2) is 0 Å². The summed E-state index contributed by atoms with van der Waals surface area (Å²) >= 11 is 5.71. The van der Waals surface area contributed by atoms with E-state index in [1.807, 2.05) is 0 Å². The summed E-state index contributed by atoms with van der Waals surface area (Å²) in [4.78, 5) is 3.68. The summed E-state index contributed by atoms with van der Waals surface area (Å²) in [6.45, 7) is 0.453. The number of nitrogens with one attached hydrogen (secondary N) is 1. The van der Waals surface area contributed by atoms with Gasteiger partial charge in [-0.15, -0.1) is 0 Å². The first-order valence-electron chi connectivity index (χ1n) is 5.40. The minimum atomic E-state index is -3.61. The van der Waals surface area contributed by atoms with Crippen LogP contribution in [0.15, 0.2) is 17.2 Å². The Morgan fingerprint density at radius 2 is 2.24 bits per heavy atom. The van der Waals surface area contributed by atoms with E-state index in [4.69, 9.17) is 17.3 Å². The molecule has 0 aromatic carbocycles. The molecule has 2 rings (SSSR count). The van der Waals surface area contributed by atoms with Crippen molar-refractivity contribution in [1.82, 2.24) is 9.71 Å². The molecule has 0 bridgehead atoms. The van der Waals surface area contributed by atoms with Crippen LogP contribution in [0.3, 0.4) is 0 Å². The number of aromatic nitrogens is 1. The molecule has 17 heavy (non-hydrogen) atoms. The van der Waals surface area contributed by atoms with E-state index in [9.17, 15) is 8.42 Å². The lowest BCUT2D eigenvalue weighted by Gasteiger charge is -2.25. The third-order valence-electron chi connectivity index (χ3n) is 2.92. The number of hydrogen-bond acceptors (Lipinski definition) is 4. The van der Waals surface area contributed by atoms with Gasteiger partial charge in [0.05, 0.1) is 5.02 Å². The van der Waals surface area contributed by atoms with Gasteiger partial charge in [-0.3, -0.25) is 0 Å². The average molecular weight is 276 g/mol. The van der Waals surface area contributed by atoms with E-state index in [-0.39, 0.29) is 15.7 Å². The van der Waals surface area contributed by atoms with Crippen LogP contribution in [0.5, 0.6) is 0 Å². The van der Waals surface area contributed by atoms with Crippen molar-refractivity contribution in [3.05, 3.63) is 17.3 Å². The van der Waals surface area contributed by atoms with Crippen LogP contribution in [0.4, 0.5) is 5.82 Å². The van der Waals surface area contributed by atoms with E-state index in [0.717, 1.165) is 12.8 Å². The third-order valence-corrected chi connectivity index (χ3v) is 4.58. The van der Waals surface area contributed by atoms with Gasteiger partial charge in [0.2, 0.25) is 10.0 Å². The van der Waals surface area contributed by atoms with Crippen LogP contribution in [0.1, 0.15) is 19.3 Å². The van der Waals surface area contributed by atoms with E-state index in [1.54, 1.807) is 0 Å². The lowest BCUT2D eigenvalue weighted by Crippen LogP contribution is -2.32. The highest BCUT2D eigenvalue weighted by Crippen LogP contribution is 2.26. The summed E-state index contributed by atoms with van der Waals surface area (Å²) < 4.78 is 26.5. The second kappa shape index (κ2) is 4.80. The second-order valence-electron chi connectivity index (χ2n) is 4.19. The first-order valence-corrected chi connectivity index (χ1v) is 7.26. The van der Waals surface area contributed by atoms with Gasteiger partial charge in [0, 0.05) is 12.7 Å². The first kappa shape index (κ1) is 12.6. The lowest BCUT2D eigenvalue weighted by molar-refractivity contribution is 0.316. The molecule has 0 atom stereocenters. The number of hydrogen-bond donors (Lipinski definition) is 2. The summed E-state index contributed by atoms with van der Waals surface area (Å²) in [5, 5.41) is 0.253. The van der Waals surface area contributed by atoms with Crippen LogP contribution >= 0.6 is 11.6 Å². The Labute approximate surface area is 105 Å². The molecule has 1 saturated carbocycles. The monoisotopic (exact) mass is 275 g/mol. The van der Waals surface area contributed by atoms with Gasteiger partial charge >= 0.3 is 0 Å². The summed E-state index contributed by atoms with van der Waals surface area (Å²) in [5.41, 5.74) is 5.54. The smallest absolute Gasteiger partial charge is 0.244 e. The molecule has 94 valence electrons. The molecular weight excluding hydrogens is 262 g/mol. The van der Waals surface area contributed by atoms with E-state index in [1.165, 1.54) is 18.7 Å². The minimum absolute atomic E-state index is 0.0319. The molecule has 1 aromatic rings. The van der Waals surface area contributed by atoms with Crippen molar-refractivity contribution >= 4 is 27.4 Å². The van der Waals surface area contributed by atoms with Gasteiger partial charge in [0.25, 0.3) is 0 Å². The normalized spacial score (nSPS) is 16.8. The number of halogens is 1. The highest BCUT2D eigenvalue weighted by atomic mass is 35.5. The van der Waals surface area contributed by atoms with Crippen LogP contribution in [0.2, 0.25) is 5.02 Å². The highest BCUT2D eigenvalue weighted by molar-refractivity contribution is 7.89. The quantitative estimate of drug-likeness (QED) is 0.870. The van der Waals surface area contributed by atoms with Gasteiger partial charge in [-0.05, 0) is 24.8 Å². The van der Waals surface area contributed by atoms with Crippen molar-refractivity contribution in [3.63, 3.8) is 0 Å². The van der Waals surface area contributed by atoms with E-state index in [2.05, 4.69) is 9.71 Å². The summed E-state index contributed by atoms with van der Waals surface area (Å²) in [5.74, 6) is 0.411. The van der Waals surface area contributed by atoms with Crippen molar-refractivity contribution in [2.75, 3.05) is 12.3 Å². The van der Waals surface area contributed by atoms with E-state index < -0.39 is 10.0 Å². The van der Waals surface area contributed by atoms with Crippen molar-refractivity contribution in [1.29, 1.82) is 0 Å². The second-order valence-corrected chi connectivity index (χ2v) is 6.36. The van der Waals surface area contributed by atoms with Crippen molar-refractivity contribution < 1.29 is 8.42 Å². The maximum Gasteiger partial charge on any atom is 0.244 e. The van der Waals surface area contributed by atoms with Crippen molar-refractivity contribution in [2.24, 2.45) is 5.92 Å². The van der Waals surface area contributed by atoms with Gasteiger partial charge in [-0.1, -0.05) is 18.0 Å². The van der Waals surface area contributed by atoms with Crippen LogP contribution in [-0.4, -0.2) is 19.9 Å². The predicted octanol–water partition coefficient (Wildman–Crippen LogP) is 1.40. The van der Waals surface area contributed by atoms with Gasteiger partial charge in [-0.25, -0.2) is 18.1 Å². The number of nitrogen functional groups attached to an aromatic ring is 1. The number of rotatable bonds is 4. The highest BCUT2D eigenvalue weighted by Gasteiger charge is 2.23. The topological polar surface area (TPSA) is 85.1 Å². The molecule has 1 fully saturated rings. The van der Waals surface area contributed by atoms with Gasteiger partial charge < -0.3 is 5.73 Å². The summed E-state index contributed by atoms with van der Waals surface area (Å²) in [6, 6.07) is 1.31. The number of pyridine rings is 1. The Morgan fingerprint density at radius 1 is 1.53 bits per heavy atom. The molecule has 7 heteroatoms. The average Bonchev–Trinajstić information content (AvgIpc) is 2.19. The maximum atomic E-state index is 12.0. The molecule has 0 amide bonds. The van der Waals surface area contributed by atoms with E-state index in [0.29, 0.717) is 12.5 Å². The Morgan fingerprint density at radius 3 is 2.82 bits per heavy atom. The lowest BCUT2D eigenvalue weighted by atomic mass is 9.86. The predicted molar refractivity (Wildman–Crippen MR) is 66.2 cm³/mol. The fraction of sp³-hybridized carbons (Fsp3) is 0.500. The molecule has 1 aliphatic carbocycles. The molecule has 0 radical (unpaired) electrons. The molecule has 3 N–H and O–H groups in total. The van der Waals surface area contributed by atoms with Gasteiger partial charge in [0.1, 0.15) is 10.7 Å².